The Morgan fingerprint density at radius 1 is 1.33 bits per heavy atom. The lowest BCUT2D eigenvalue weighted by atomic mass is 10.0. The van der Waals surface area contributed by atoms with Gasteiger partial charge in [-0.25, -0.2) is 4.79 Å². The van der Waals surface area contributed by atoms with E-state index in [-0.39, 0.29) is 6.79 Å². The van der Waals surface area contributed by atoms with Crippen molar-refractivity contribution in [1.82, 2.24) is 5.32 Å². The molecule has 2 atom stereocenters. The van der Waals surface area contributed by atoms with Gasteiger partial charge in [0.15, 0.2) is 11.5 Å². The second-order valence-electron chi connectivity index (χ2n) is 6.33. The Labute approximate surface area is 140 Å². The third-order valence-electron chi connectivity index (χ3n) is 3.32. The molecule has 0 radical (unpaired) electrons. The van der Waals surface area contributed by atoms with Crippen LogP contribution in [0.5, 0.6) is 17.2 Å². The fourth-order valence-electron chi connectivity index (χ4n) is 2.25. The summed E-state index contributed by atoms with van der Waals surface area (Å²) in [5, 5.41) is 22.6. The highest BCUT2D eigenvalue weighted by Gasteiger charge is 2.29. The first kappa shape index (κ1) is 18.2. The van der Waals surface area contributed by atoms with Crippen molar-refractivity contribution in [3.05, 3.63) is 17.7 Å². The van der Waals surface area contributed by atoms with Crippen molar-refractivity contribution >= 4 is 6.09 Å². The molecule has 134 valence electrons. The van der Waals surface area contributed by atoms with E-state index in [4.69, 9.17) is 18.9 Å². The van der Waals surface area contributed by atoms with E-state index in [1.54, 1.807) is 32.9 Å². The van der Waals surface area contributed by atoms with E-state index in [0.717, 1.165) is 0 Å². The molecule has 1 amide bonds. The van der Waals surface area contributed by atoms with Crippen LogP contribution >= 0.6 is 0 Å². The largest absolute Gasteiger partial charge is 0.496 e. The summed E-state index contributed by atoms with van der Waals surface area (Å²) in [5.74, 6) is 1.32. The van der Waals surface area contributed by atoms with Crippen LogP contribution in [0.3, 0.4) is 0 Å². The number of carbonyl (C=O) groups is 1. The summed E-state index contributed by atoms with van der Waals surface area (Å²) in [6, 6.07) is 2.17. The second kappa shape index (κ2) is 7.14. The van der Waals surface area contributed by atoms with Gasteiger partial charge >= 0.3 is 6.09 Å². The van der Waals surface area contributed by atoms with Gasteiger partial charge < -0.3 is 34.5 Å². The van der Waals surface area contributed by atoms with Crippen molar-refractivity contribution in [2.24, 2.45) is 0 Å². The zero-order valence-corrected chi connectivity index (χ0v) is 14.2. The average molecular weight is 341 g/mol. The molecule has 0 spiro atoms. The maximum absolute atomic E-state index is 11.9. The lowest BCUT2D eigenvalue weighted by Crippen LogP contribution is -2.44. The van der Waals surface area contributed by atoms with Gasteiger partial charge in [0.05, 0.1) is 19.8 Å². The number of hydrogen-bond donors (Lipinski definition) is 3. The number of rotatable bonds is 5. The molecule has 0 saturated carbocycles. The smallest absolute Gasteiger partial charge is 0.408 e. The van der Waals surface area contributed by atoms with Crippen LogP contribution in [-0.4, -0.2) is 48.5 Å². The van der Waals surface area contributed by atoms with Crippen molar-refractivity contribution in [1.29, 1.82) is 0 Å². The Kier molecular flexibility index (Phi) is 5.40. The molecule has 3 N–H and O–H groups in total. The molecular weight excluding hydrogens is 318 g/mol. The van der Waals surface area contributed by atoms with Crippen LogP contribution in [0.15, 0.2) is 12.1 Å². The van der Waals surface area contributed by atoms with Crippen LogP contribution in [0.1, 0.15) is 32.4 Å². The fraction of sp³-hybridized carbons (Fsp3) is 0.562. The SMILES string of the molecule is COc1cc2c(cc1[C@@H](O)[C@@H](CO)NC(=O)OC(C)(C)C)OCO2. The minimum absolute atomic E-state index is 0.0810. The first-order chi connectivity index (χ1) is 11.2. The quantitative estimate of drug-likeness (QED) is 0.742. The summed E-state index contributed by atoms with van der Waals surface area (Å²) in [6.45, 7) is 4.75. The van der Waals surface area contributed by atoms with Crippen molar-refractivity contribution in [3.63, 3.8) is 0 Å². The Morgan fingerprint density at radius 2 is 1.96 bits per heavy atom. The molecule has 8 nitrogen and oxygen atoms in total. The number of nitrogens with one attached hydrogen (secondary N) is 1. The average Bonchev–Trinajstić information content (AvgIpc) is 2.96. The van der Waals surface area contributed by atoms with E-state index < -0.39 is 30.4 Å². The van der Waals surface area contributed by atoms with Crippen molar-refractivity contribution in [2.75, 3.05) is 20.5 Å². The lowest BCUT2D eigenvalue weighted by Gasteiger charge is -2.26. The van der Waals surface area contributed by atoms with Crippen LogP contribution in [-0.2, 0) is 4.74 Å². The molecule has 1 aliphatic heterocycles. The fourth-order valence-corrected chi connectivity index (χ4v) is 2.25. The summed E-state index contributed by atoms with van der Waals surface area (Å²) < 4.78 is 20.9. The minimum atomic E-state index is -1.23. The molecule has 0 saturated heterocycles. The Balaban J connectivity index is 2.19. The summed E-state index contributed by atoms with van der Waals surface area (Å²) in [7, 11) is 1.45. The van der Waals surface area contributed by atoms with Gasteiger partial charge in [-0.2, -0.15) is 0 Å². The normalized spacial score (nSPS) is 15.6. The topological polar surface area (TPSA) is 106 Å². The van der Waals surface area contributed by atoms with Crippen LogP contribution in [0.4, 0.5) is 4.79 Å². The molecular formula is C16H23NO7. The number of methoxy groups -OCH3 is 1. The van der Waals surface area contributed by atoms with Crippen LogP contribution in [0.25, 0.3) is 0 Å². The number of alkyl carbamates (subject to hydrolysis) is 1. The highest BCUT2D eigenvalue weighted by molar-refractivity contribution is 5.68. The Hall–Kier alpha value is -2.19. The molecule has 0 aromatic heterocycles. The summed E-state index contributed by atoms with van der Waals surface area (Å²) in [5.41, 5.74) is -0.331. The highest BCUT2D eigenvalue weighted by Crippen LogP contribution is 2.40. The molecule has 0 bridgehead atoms. The lowest BCUT2D eigenvalue weighted by molar-refractivity contribution is 0.0345. The molecule has 0 aliphatic carbocycles. The molecule has 1 heterocycles. The number of amides is 1. The van der Waals surface area contributed by atoms with Gasteiger partial charge in [0, 0.05) is 11.6 Å². The monoisotopic (exact) mass is 341 g/mol. The molecule has 0 fully saturated rings. The third-order valence-corrected chi connectivity index (χ3v) is 3.32. The maximum atomic E-state index is 11.9. The molecule has 1 aromatic carbocycles. The number of carbonyl (C=O) groups excluding carboxylic acids is 1. The van der Waals surface area contributed by atoms with Crippen LogP contribution in [0, 0.1) is 0 Å². The van der Waals surface area contributed by atoms with Crippen LogP contribution < -0.4 is 19.5 Å². The number of hydrogen-bond acceptors (Lipinski definition) is 7. The number of fused-ring (bicyclic) bond motifs is 1. The molecule has 1 aromatic rings. The van der Waals surface area contributed by atoms with Gasteiger partial charge in [-0.3, -0.25) is 0 Å². The van der Waals surface area contributed by atoms with E-state index in [1.807, 2.05) is 0 Å². The van der Waals surface area contributed by atoms with Crippen molar-refractivity contribution < 1.29 is 34.0 Å². The summed E-state index contributed by atoms with van der Waals surface area (Å²) in [6.07, 6.45) is -1.97. The van der Waals surface area contributed by atoms with Gasteiger partial charge in [-0.15, -0.1) is 0 Å². The Bertz CT molecular complexity index is 597. The van der Waals surface area contributed by atoms with E-state index in [0.29, 0.717) is 22.8 Å². The standard InChI is InChI=1S/C16H23NO7/c1-16(2,3)24-15(20)17-10(7-18)14(19)9-5-12-13(23-8-22-12)6-11(9)21-4/h5-6,10,14,18-19H,7-8H2,1-4H3,(H,17,20)/t10-,14-/m1/s1. The van der Waals surface area contributed by atoms with Gasteiger partial charge in [-0.1, -0.05) is 0 Å². The van der Waals surface area contributed by atoms with E-state index in [9.17, 15) is 15.0 Å². The van der Waals surface area contributed by atoms with E-state index in [2.05, 4.69) is 5.32 Å². The predicted molar refractivity (Wildman–Crippen MR) is 84.3 cm³/mol. The van der Waals surface area contributed by atoms with Crippen molar-refractivity contribution in [3.8, 4) is 17.2 Å². The molecule has 8 heteroatoms. The minimum Gasteiger partial charge on any atom is -0.496 e. The zero-order valence-electron chi connectivity index (χ0n) is 14.2. The maximum Gasteiger partial charge on any atom is 0.408 e. The molecule has 1 aliphatic rings. The first-order valence-electron chi connectivity index (χ1n) is 7.51. The zero-order chi connectivity index (χ0) is 17.9. The van der Waals surface area contributed by atoms with Gasteiger partial charge in [0.25, 0.3) is 0 Å². The molecule has 0 unspecified atom stereocenters. The first-order valence-corrected chi connectivity index (χ1v) is 7.51. The summed E-state index contributed by atoms with van der Waals surface area (Å²) in [4.78, 5) is 11.9. The molecule has 2 rings (SSSR count). The predicted octanol–water partition coefficient (Wildman–Crippen LogP) is 1.34. The third kappa shape index (κ3) is 4.21. The van der Waals surface area contributed by atoms with E-state index >= 15 is 0 Å². The van der Waals surface area contributed by atoms with Gasteiger partial charge in [-0.05, 0) is 26.8 Å². The second-order valence-corrected chi connectivity index (χ2v) is 6.33. The number of ether oxygens (including phenoxy) is 4. The van der Waals surface area contributed by atoms with Crippen LogP contribution in [0.2, 0.25) is 0 Å². The number of aliphatic hydroxyl groups is 2. The highest BCUT2D eigenvalue weighted by atomic mass is 16.7. The van der Waals surface area contributed by atoms with Crippen molar-refractivity contribution in [2.45, 2.75) is 38.5 Å². The Morgan fingerprint density at radius 3 is 2.50 bits per heavy atom. The summed E-state index contributed by atoms with van der Waals surface area (Å²) >= 11 is 0. The van der Waals surface area contributed by atoms with E-state index in [1.165, 1.54) is 7.11 Å². The number of aliphatic hydroxyl groups excluding tert-OH is 2. The number of benzene rings is 1. The van der Waals surface area contributed by atoms with Gasteiger partial charge in [0.1, 0.15) is 17.5 Å². The van der Waals surface area contributed by atoms with Gasteiger partial charge in [0.2, 0.25) is 6.79 Å². The molecule has 24 heavy (non-hydrogen) atoms.